The Balaban J connectivity index is 2.06. The molecule has 0 aliphatic rings. The van der Waals surface area contributed by atoms with E-state index in [1.54, 1.807) is 36.4 Å². The maximum Gasteiger partial charge on any atom is 0.326 e. The Labute approximate surface area is 176 Å². The van der Waals surface area contributed by atoms with Crippen molar-refractivity contribution in [3.63, 3.8) is 0 Å². The molecule has 0 aromatic heterocycles. The summed E-state index contributed by atoms with van der Waals surface area (Å²) in [4.78, 5) is 36.3. The van der Waals surface area contributed by atoms with Crippen molar-refractivity contribution in [3.05, 3.63) is 66.0 Å². The highest BCUT2D eigenvalue weighted by atomic mass is 32.2. The first kappa shape index (κ1) is 23.2. The SMILES string of the molecule is CC(=O)N[C@H](Cc1ccccc1F)C(=O)N[C@H](CC[S@@](=O)c1ccccc1)C(=O)O. The van der Waals surface area contributed by atoms with E-state index in [2.05, 4.69) is 10.6 Å². The van der Waals surface area contributed by atoms with Gasteiger partial charge in [0.25, 0.3) is 0 Å². The highest BCUT2D eigenvalue weighted by Crippen LogP contribution is 2.11. The van der Waals surface area contributed by atoms with E-state index in [-0.39, 0.29) is 24.2 Å². The zero-order chi connectivity index (χ0) is 22.1. The van der Waals surface area contributed by atoms with Crippen LogP contribution in [-0.4, -0.2) is 44.9 Å². The van der Waals surface area contributed by atoms with Gasteiger partial charge < -0.3 is 15.7 Å². The Bertz CT molecular complexity index is 923. The van der Waals surface area contributed by atoms with Crippen LogP contribution >= 0.6 is 0 Å². The van der Waals surface area contributed by atoms with Gasteiger partial charge in [0.2, 0.25) is 11.8 Å². The van der Waals surface area contributed by atoms with Gasteiger partial charge in [0.05, 0.1) is 10.8 Å². The highest BCUT2D eigenvalue weighted by Gasteiger charge is 2.27. The van der Waals surface area contributed by atoms with Crippen LogP contribution < -0.4 is 10.6 Å². The molecular formula is C21H23FN2O5S. The van der Waals surface area contributed by atoms with E-state index in [1.807, 2.05) is 0 Å². The summed E-state index contributed by atoms with van der Waals surface area (Å²) in [5.74, 6) is -3.07. The number of carboxylic acid groups (broad SMARTS) is 1. The average molecular weight is 434 g/mol. The van der Waals surface area contributed by atoms with Crippen molar-refractivity contribution in [3.8, 4) is 0 Å². The number of halogens is 1. The van der Waals surface area contributed by atoms with Crippen LogP contribution in [0.1, 0.15) is 18.9 Å². The van der Waals surface area contributed by atoms with Crippen LogP contribution in [0, 0.1) is 5.82 Å². The molecule has 0 heterocycles. The lowest BCUT2D eigenvalue weighted by atomic mass is 10.0. The molecule has 3 N–H and O–H groups in total. The minimum absolute atomic E-state index is 0.0272. The van der Waals surface area contributed by atoms with Crippen LogP contribution in [0.25, 0.3) is 0 Å². The summed E-state index contributed by atoms with van der Waals surface area (Å²) in [6.45, 7) is 1.21. The third-order valence-electron chi connectivity index (χ3n) is 4.29. The van der Waals surface area contributed by atoms with Crippen molar-refractivity contribution in [1.82, 2.24) is 10.6 Å². The fourth-order valence-corrected chi connectivity index (χ4v) is 3.93. The van der Waals surface area contributed by atoms with Gasteiger partial charge in [-0.25, -0.2) is 9.18 Å². The maximum atomic E-state index is 13.9. The zero-order valence-electron chi connectivity index (χ0n) is 16.3. The van der Waals surface area contributed by atoms with Crippen LogP contribution in [0.3, 0.4) is 0 Å². The van der Waals surface area contributed by atoms with E-state index in [4.69, 9.17) is 0 Å². The van der Waals surface area contributed by atoms with Gasteiger partial charge in [-0.15, -0.1) is 0 Å². The molecule has 0 fully saturated rings. The Hall–Kier alpha value is -3.07. The number of carbonyl (C=O) groups is 3. The Morgan fingerprint density at radius 2 is 1.63 bits per heavy atom. The first-order valence-corrected chi connectivity index (χ1v) is 10.6. The minimum atomic E-state index is -1.42. The second kappa shape index (κ2) is 11.2. The molecule has 0 saturated carbocycles. The molecule has 0 unspecified atom stereocenters. The van der Waals surface area contributed by atoms with Gasteiger partial charge in [-0.3, -0.25) is 13.8 Å². The molecule has 9 heteroatoms. The predicted molar refractivity (Wildman–Crippen MR) is 110 cm³/mol. The number of rotatable bonds is 10. The number of carboxylic acids is 1. The number of hydrogen-bond donors (Lipinski definition) is 3. The molecule has 0 radical (unpaired) electrons. The molecule has 0 bridgehead atoms. The molecule has 160 valence electrons. The molecular weight excluding hydrogens is 411 g/mol. The maximum absolute atomic E-state index is 13.9. The number of nitrogens with one attached hydrogen (secondary N) is 2. The van der Waals surface area contributed by atoms with Crippen LogP contribution in [0.15, 0.2) is 59.5 Å². The molecule has 0 aliphatic heterocycles. The number of benzene rings is 2. The van der Waals surface area contributed by atoms with Gasteiger partial charge >= 0.3 is 5.97 Å². The largest absolute Gasteiger partial charge is 0.480 e. The summed E-state index contributed by atoms with van der Waals surface area (Å²) < 4.78 is 26.3. The summed E-state index contributed by atoms with van der Waals surface area (Å²) in [7, 11) is -1.42. The van der Waals surface area contributed by atoms with Crippen LogP contribution in [0.4, 0.5) is 4.39 Å². The second-order valence-electron chi connectivity index (χ2n) is 6.60. The van der Waals surface area contributed by atoms with Crippen LogP contribution in [0.2, 0.25) is 0 Å². The summed E-state index contributed by atoms with van der Waals surface area (Å²) in [6, 6.07) is 11.9. The van der Waals surface area contributed by atoms with Crippen molar-refractivity contribution in [2.45, 2.75) is 36.7 Å². The molecule has 0 spiro atoms. The van der Waals surface area contributed by atoms with E-state index in [0.717, 1.165) is 0 Å². The third kappa shape index (κ3) is 7.07. The van der Waals surface area contributed by atoms with Gasteiger partial charge in [-0.1, -0.05) is 36.4 Å². The molecule has 0 aliphatic carbocycles. The first-order valence-electron chi connectivity index (χ1n) is 9.25. The zero-order valence-corrected chi connectivity index (χ0v) is 17.2. The van der Waals surface area contributed by atoms with Gasteiger partial charge in [0.1, 0.15) is 17.9 Å². The van der Waals surface area contributed by atoms with E-state index >= 15 is 0 Å². The Morgan fingerprint density at radius 3 is 2.23 bits per heavy atom. The number of carbonyl (C=O) groups excluding carboxylic acids is 2. The molecule has 7 nitrogen and oxygen atoms in total. The van der Waals surface area contributed by atoms with Gasteiger partial charge in [-0.2, -0.15) is 0 Å². The van der Waals surface area contributed by atoms with Gasteiger partial charge in [-0.05, 0) is 30.2 Å². The molecule has 2 amide bonds. The van der Waals surface area contributed by atoms with E-state index < -0.39 is 46.5 Å². The Kier molecular flexibility index (Phi) is 8.67. The van der Waals surface area contributed by atoms with Crippen LogP contribution in [0.5, 0.6) is 0 Å². The fraction of sp³-hybridized carbons (Fsp3) is 0.286. The second-order valence-corrected chi connectivity index (χ2v) is 8.17. The summed E-state index contributed by atoms with van der Waals surface area (Å²) in [6.07, 6.45) is -0.213. The number of amides is 2. The molecule has 30 heavy (non-hydrogen) atoms. The van der Waals surface area contributed by atoms with Crippen molar-refractivity contribution >= 4 is 28.6 Å². The lowest BCUT2D eigenvalue weighted by molar-refractivity contribution is -0.142. The third-order valence-corrected chi connectivity index (χ3v) is 5.69. The lowest BCUT2D eigenvalue weighted by Crippen LogP contribution is -2.52. The molecule has 2 rings (SSSR count). The molecule has 2 aromatic rings. The summed E-state index contributed by atoms with van der Waals surface area (Å²) in [5, 5.41) is 14.2. The van der Waals surface area contributed by atoms with Crippen molar-refractivity contribution in [1.29, 1.82) is 0 Å². The monoisotopic (exact) mass is 434 g/mol. The van der Waals surface area contributed by atoms with E-state index in [9.17, 15) is 28.1 Å². The van der Waals surface area contributed by atoms with Gasteiger partial charge in [0.15, 0.2) is 0 Å². The van der Waals surface area contributed by atoms with Crippen molar-refractivity contribution < 1.29 is 28.1 Å². The Morgan fingerprint density at radius 1 is 1.00 bits per heavy atom. The normalized spacial score (nSPS) is 13.7. The molecule has 2 aromatic carbocycles. The fourth-order valence-electron chi connectivity index (χ4n) is 2.78. The van der Waals surface area contributed by atoms with E-state index in [1.165, 1.54) is 25.1 Å². The standard InChI is InChI=1S/C21H23FN2O5S/c1-14(25)23-19(13-15-7-5-6-10-17(15)22)20(26)24-18(21(27)28)11-12-30(29)16-8-3-2-4-9-16/h2-10,18-19H,11-13H2,1H3,(H,23,25)(H,24,26)(H,27,28)/t18-,19-,30-/m1/s1. The summed E-state index contributed by atoms with van der Waals surface area (Å²) >= 11 is 0. The predicted octanol–water partition coefficient (Wildman–Crippen LogP) is 1.64. The molecule has 3 atom stereocenters. The van der Waals surface area contributed by atoms with Crippen molar-refractivity contribution in [2.24, 2.45) is 0 Å². The quantitative estimate of drug-likeness (QED) is 0.526. The number of hydrogen-bond acceptors (Lipinski definition) is 4. The smallest absolute Gasteiger partial charge is 0.326 e. The van der Waals surface area contributed by atoms with Gasteiger partial charge in [0, 0.05) is 24.0 Å². The topological polar surface area (TPSA) is 113 Å². The van der Waals surface area contributed by atoms with Crippen molar-refractivity contribution in [2.75, 3.05) is 5.75 Å². The minimum Gasteiger partial charge on any atom is -0.480 e. The molecule has 0 saturated heterocycles. The first-order chi connectivity index (χ1) is 14.3. The van der Waals surface area contributed by atoms with E-state index in [0.29, 0.717) is 4.90 Å². The lowest BCUT2D eigenvalue weighted by Gasteiger charge is -2.21. The summed E-state index contributed by atoms with van der Waals surface area (Å²) in [5.41, 5.74) is 0.212. The van der Waals surface area contributed by atoms with Crippen LogP contribution in [-0.2, 0) is 31.6 Å². The number of aliphatic carboxylic acids is 1. The highest BCUT2D eigenvalue weighted by molar-refractivity contribution is 7.85. The average Bonchev–Trinajstić information content (AvgIpc) is 2.71.